The van der Waals surface area contributed by atoms with Crippen LogP contribution in [-0.4, -0.2) is 23.9 Å². The van der Waals surface area contributed by atoms with Gasteiger partial charge in [0.2, 0.25) is 0 Å². The first-order chi connectivity index (χ1) is 8.37. The number of thioether (sulfide) groups is 1. The van der Waals surface area contributed by atoms with Crippen molar-refractivity contribution in [1.29, 1.82) is 0 Å². The summed E-state index contributed by atoms with van der Waals surface area (Å²) in [6.45, 7) is 6.64. The average Bonchev–Trinajstić information content (AvgIpc) is 2.25. The van der Waals surface area contributed by atoms with E-state index < -0.39 is 0 Å². The number of carbonyl (C=O) groups is 1. The van der Waals surface area contributed by atoms with Crippen molar-refractivity contribution in [2.24, 2.45) is 0 Å². The van der Waals surface area contributed by atoms with Crippen LogP contribution in [0.5, 0.6) is 0 Å². The number of nitrogens with two attached hydrogens (primary N) is 1. The number of carbonyl (C=O) groups excluding carboxylic acids is 1. The maximum absolute atomic E-state index is 12.3. The highest BCUT2D eigenvalue weighted by atomic mass is 32.2. The lowest BCUT2D eigenvalue weighted by Gasteiger charge is -2.32. The predicted molar refractivity (Wildman–Crippen MR) is 77.2 cm³/mol. The minimum Gasteiger partial charge on any atom is -0.399 e. The summed E-state index contributed by atoms with van der Waals surface area (Å²) in [4.78, 5) is 15.1. The number of nitrogen functional groups attached to an aromatic ring is 1. The monoisotopic (exact) mass is 265 g/mol. The lowest BCUT2D eigenvalue weighted by molar-refractivity contribution is 0.238. The van der Waals surface area contributed by atoms with Crippen molar-refractivity contribution in [3.8, 4) is 0 Å². The molecule has 0 unspecified atom stereocenters. The molecule has 2 rings (SSSR count). The summed E-state index contributed by atoms with van der Waals surface area (Å²) in [6.07, 6.45) is 0. The second-order valence-electron chi connectivity index (χ2n) is 5.41. The van der Waals surface area contributed by atoms with Crippen molar-refractivity contribution in [2.75, 3.05) is 22.9 Å². The summed E-state index contributed by atoms with van der Waals surface area (Å²) in [5.74, 6) is 0.911. The molecule has 0 radical (unpaired) electrons. The minimum absolute atomic E-state index is 0.0605. The third-order valence-electron chi connectivity index (χ3n) is 2.57. The molecule has 1 aromatic carbocycles. The van der Waals surface area contributed by atoms with Crippen molar-refractivity contribution in [3.63, 3.8) is 0 Å². The summed E-state index contributed by atoms with van der Waals surface area (Å²) in [6, 6.07) is 5.65. The molecule has 1 aromatic rings. The molecule has 1 aliphatic rings. The van der Waals surface area contributed by atoms with Crippen LogP contribution >= 0.6 is 11.8 Å². The van der Waals surface area contributed by atoms with Gasteiger partial charge in [-0.1, -0.05) is 0 Å². The molecule has 2 amide bonds. The van der Waals surface area contributed by atoms with Gasteiger partial charge in [-0.2, -0.15) is 0 Å². The molecule has 4 nitrogen and oxygen atoms in total. The van der Waals surface area contributed by atoms with Crippen LogP contribution in [0.25, 0.3) is 0 Å². The van der Waals surface area contributed by atoms with Crippen LogP contribution in [0.1, 0.15) is 20.8 Å². The zero-order valence-electron chi connectivity index (χ0n) is 11.0. The number of urea groups is 1. The Balaban J connectivity index is 2.27. The molecule has 0 aromatic heterocycles. The molecule has 1 heterocycles. The Morgan fingerprint density at radius 2 is 2.17 bits per heavy atom. The Hall–Kier alpha value is -1.36. The number of hydrogen-bond acceptors (Lipinski definition) is 3. The smallest absolute Gasteiger partial charge is 0.322 e. The molecule has 0 spiro atoms. The van der Waals surface area contributed by atoms with E-state index in [1.165, 1.54) is 0 Å². The van der Waals surface area contributed by atoms with E-state index in [-0.39, 0.29) is 11.6 Å². The van der Waals surface area contributed by atoms with Gasteiger partial charge in [-0.15, -0.1) is 11.8 Å². The molecule has 0 saturated heterocycles. The fraction of sp³-hybridized carbons (Fsp3) is 0.462. The van der Waals surface area contributed by atoms with Crippen molar-refractivity contribution in [2.45, 2.75) is 31.2 Å². The molecule has 18 heavy (non-hydrogen) atoms. The van der Waals surface area contributed by atoms with E-state index in [0.717, 1.165) is 16.3 Å². The topological polar surface area (TPSA) is 58.4 Å². The number of nitrogens with zero attached hydrogens (tertiary/aromatic N) is 1. The standard InChI is InChI=1S/C13H19N3OS/c1-13(2,3)15-12(17)16-6-7-18-11-5-4-9(14)8-10(11)16/h4-5,8H,6-7,14H2,1-3H3,(H,15,17). The highest BCUT2D eigenvalue weighted by Crippen LogP contribution is 2.36. The van der Waals surface area contributed by atoms with E-state index in [2.05, 4.69) is 5.32 Å². The number of hydrogen-bond donors (Lipinski definition) is 2. The van der Waals surface area contributed by atoms with Gasteiger partial charge in [0.25, 0.3) is 0 Å². The van der Waals surface area contributed by atoms with Gasteiger partial charge >= 0.3 is 6.03 Å². The molecule has 0 aliphatic carbocycles. The molecule has 0 saturated carbocycles. The van der Waals surface area contributed by atoms with Crippen LogP contribution < -0.4 is 16.0 Å². The van der Waals surface area contributed by atoms with Gasteiger partial charge < -0.3 is 11.1 Å². The van der Waals surface area contributed by atoms with Crippen molar-refractivity contribution < 1.29 is 4.79 Å². The summed E-state index contributed by atoms with van der Waals surface area (Å²) >= 11 is 1.76. The molecule has 3 N–H and O–H groups in total. The largest absolute Gasteiger partial charge is 0.399 e. The number of rotatable bonds is 0. The van der Waals surface area contributed by atoms with Crippen LogP contribution in [0.4, 0.5) is 16.2 Å². The van der Waals surface area contributed by atoms with Crippen LogP contribution in [0.2, 0.25) is 0 Å². The summed E-state index contributed by atoms with van der Waals surface area (Å²) < 4.78 is 0. The normalized spacial score (nSPS) is 15.2. The minimum atomic E-state index is -0.234. The SMILES string of the molecule is CC(C)(C)NC(=O)N1CCSc2ccc(N)cc21. The van der Waals surface area contributed by atoms with Crippen LogP contribution in [0.15, 0.2) is 23.1 Å². The lowest BCUT2D eigenvalue weighted by atomic mass is 10.1. The van der Waals surface area contributed by atoms with Gasteiger partial charge in [0, 0.05) is 28.4 Å². The van der Waals surface area contributed by atoms with E-state index in [4.69, 9.17) is 5.73 Å². The van der Waals surface area contributed by atoms with Gasteiger partial charge in [0.1, 0.15) is 0 Å². The molecular weight excluding hydrogens is 246 g/mol. The summed E-state index contributed by atoms with van der Waals surface area (Å²) in [7, 11) is 0. The zero-order chi connectivity index (χ0) is 13.3. The Kier molecular flexibility index (Phi) is 3.43. The van der Waals surface area contributed by atoms with Gasteiger partial charge in [0.05, 0.1) is 5.69 Å². The van der Waals surface area contributed by atoms with E-state index in [1.54, 1.807) is 16.7 Å². The quantitative estimate of drug-likeness (QED) is 0.709. The maximum atomic E-state index is 12.3. The summed E-state index contributed by atoms with van der Waals surface area (Å²) in [5.41, 5.74) is 7.17. The van der Waals surface area contributed by atoms with Crippen LogP contribution in [-0.2, 0) is 0 Å². The first-order valence-electron chi connectivity index (χ1n) is 5.99. The van der Waals surface area contributed by atoms with Crippen LogP contribution in [0, 0.1) is 0 Å². The molecule has 98 valence electrons. The second kappa shape index (κ2) is 4.72. The Bertz CT molecular complexity index is 468. The molecule has 0 fully saturated rings. The van der Waals surface area contributed by atoms with Crippen molar-refractivity contribution in [3.05, 3.63) is 18.2 Å². The van der Waals surface area contributed by atoms with Crippen molar-refractivity contribution >= 4 is 29.2 Å². The van der Waals surface area contributed by atoms with E-state index in [9.17, 15) is 4.79 Å². The van der Waals surface area contributed by atoms with E-state index in [1.807, 2.05) is 39.0 Å². The molecule has 0 atom stereocenters. The second-order valence-corrected chi connectivity index (χ2v) is 6.54. The first kappa shape index (κ1) is 13.1. The van der Waals surface area contributed by atoms with Gasteiger partial charge in [-0.3, -0.25) is 4.90 Å². The van der Waals surface area contributed by atoms with Gasteiger partial charge in [-0.25, -0.2) is 4.79 Å². The highest BCUT2D eigenvalue weighted by molar-refractivity contribution is 7.99. The maximum Gasteiger partial charge on any atom is 0.322 e. The van der Waals surface area contributed by atoms with Gasteiger partial charge in [0.15, 0.2) is 0 Å². The third kappa shape index (κ3) is 2.90. The van der Waals surface area contributed by atoms with Crippen molar-refractivity contribution in [1.82, 2.24) is 5.32 Å². The lowest BCUT2D eigenvalue weighted by Crippen LogP contribution is -2.50. The van der Waals surface area contributed by atoms with E-state index >= 15 is 0 Å². The number of amides is 2. The zero-order valence-corrected chi connectivity index (χ0v) is 11.8. The molecular formula is C13H19N3OS. The Labute approximate surface area is 112 Å². The number of anilines is 2. The van der Waals surface area contributed by atoms with E-state index in [0.29, 0.717) is 12.2 Å². The highest BCUT2D eigenvalue weighted by Gasteiger charge is 2.25. The number of benzene rings is 1. The predicted octanol–water partition coefficient (Wildman–Crippen LogP) is 2.69. The summed E-state index contributed by atoms with van der Waals surface area (Å²) in [5, 5.41) is 2.99. The fourth-order valence-electron chi connectivity index (χ4n) is 1.83. The third-order valence-corrected chi connectivity index (χ3v) is 3.62. The number of fused-ring (bicyclic) bond motifs is 1. The molecule has 5 heteroatoms. The number of nitrogens with one attached hydrogen (secondary N) is 1. The Morgan fingerprint density at radius 3 is 2.83 bits per heavy atom. The molecule has 1 aliphatic heterocycles. The first-order valence-corrected chi connectivity index (χ1v) is 6.97. The van der Waals surface area contributed by atoms with Gasteiger partial charge in [-0.05, 0) is 39.0 Å². The van der Waals surface area contributed by atoms with Crippen LogP contribution in [0.3, 0.4) is 0 Å². The molecule has 0 bridgehead atoms. The fourth-order valence-corrected chi connectivity index (χ4v) is 2.81. The Morgan fingerprint density at radius 1 is 1.44 bits per heavy atom. The average molecular weight is 265 g/mol.